The zero-order chi connectivity index (χ0) is 14.4. The molecule has 0 spiro atoms. The summed E-state index contributed by atoms with van der Waals surface area (Å²) >= 11 is 0. The Hall–Kier alpha value is -1.03. The predicted molar refractivity (Wildman–Crippen MR) is 77.1 cm³/mol. The Kier molecular flexibility index (Phi) is 3.42. The molecule has 0 amide bonds. The maximum absolute atomic E-state index is 6.56. The number of nitrogens with zero attached hydrogens (tertiary/aromatic N) is 2. The zero-order valence-corrected chi connectivity index (χ0v) is 13.0. The van der Waals surface area contributed by atoms with Crippen LogP contribution in [0.1, 0.15) is 52.8 Å². The highest BCUT2D eigenvalue weighted by molar-refractivity contribution is 5.32. The highest BCUT2D eigenvalue weighted by atomic mass is 16.5. The van der Waals surface area contributed by atoms with E-state index in [4.69, 9.17) is 10.5 Å². The average Bonchev–Trinajstić information content (AvgIpc) is 2.64. The number of rotatable bonds is 5. The summed E-state index contributed by atoms with van der Waals surface area (Å²) < 4.78 is 7.45. The quantitative estimate of drug-likeness (QED) is 0.890. The van der Waals surface area contributed by atoms with E-state index < -0.39 is 0 Å². The van der Waals surface area contributed by atoms with Crippen molar-refractivity contribution in [2.75, 3.05) is 7.11 Å². The molecule has 1 saturated carbocycles. The van der Waals surface area contributed by atoms with E-state index in [0.29, 0.717) is 5.92 Å². The van der Waals surface area contributed by atoms with Gasteiger partial charge in [0.05, 0.1) is 25.0 Å². The second kappa shape index (κ2) is 4.51. The van der Waals surface area contributed by atoms with Gasteiger partial charge in [0.15, 0.2) is 5.75 Å². The van der Waals surface area contributed by atoms with Gasteiger partial charge in [0.1, 0.15) is 0 Å². The van der Waals surface area contributed by atoms with Crippen LogP contribution in [0.2, 0.25) is 0 Å². The van der Waals surface area contributed by atoms with Crippen molar-refractivity contribution in [1.29, 1.82) is 0 Å². The Labute approximate surface area is 116 Å². The van der Waals surface area contributed by atoms with E-state index in [2.05, 4.69) is 39.7 Å². The number of methoxy groups -OCH3 is 1. The molecular formula is C15H27N3O. The molecule has 2 rings (SSSR count). The van der Waals surface area contributed by atoms with Gasteiger partial charge in [-0.25, -0.2) is 0 Å². The molecule has 4 nitrogen and oxygen atoms in total. The van der Waals surface area contributed by atoms with Crippen molar-refractivity contribution in [1.82, 2.24) is 9.78 Å². The largest absolute Gasteiger partial charge is 0.493 e. The molecule has 0 bridgehead atoms. The minimum absolute atomic E-state index is 0.0194. The Morgan fingerprint density at radius 3 is 2.37 bits per heavy atom. The van der Waals surface area contributed by atoms with E-state index in [1.54, 1.807) is 13.3 Å². The van der Waals surface area contributed by atoms with Gasteiger partial charge in [0, 0.05) is 6.54 Å². The fourth-order valence-corrected chi connectivity index (χ4v) is 3.56. The highest BCUT2D eigenvalue weighted by Gasteiger charge is 2.67. The van der Waals surface area contributed by atoms with Crippen molar-refractivity contribution in [2.24, 2.45) is 22.5 Å². The number of aromatic nitrogens is 2. The molecular weight excluding hydrogens is 238 g/mol. The number of nitrogens with two attached hydrogens (primary N) is 1. The Balaban J connectivity index is 2.34. The first-order chi connectivity index (χ1) is 8.79. The lowest BCUT2D eigenvalue weighted by Crippen LogP contribution is -2.21. The van der Waals surface area contributed by atoms with Crippen molar-refractivity contribution < 1.29 is 4.74 Å². The first-order valence-corrected chi connectivity index (χ1v) is 7.14. The lowest BCUT2D eigenvalue weighted by molar-refractivity contribution is 0.385. The summed E-state index contributed by atoms with van der Waals surface area (Å²) in [4.78, 5) is 0. The Morgan fingerprint density at radius 1 is 1.37 bits per heavy atom. The van der Waals surface area contributed by atoms with Crippen LogP contribution in [-0.2, 0) is 6.54 Å². The third-order valence-electron chi connectivity index (χ3n) is 5.31. The van der Waals surface area contributed by atoms with E-state index in [-0.39, 0.29) is 16.9 Å². The highest BCUT2D eigenvalue weighted by Crippen LogP contribution is 2.72. The van der Waals surface area contributed by atoms with Crippen LogP contribution in [0.5, 0.6) is 5.75 Å². The third kappa shape index (κ3) is 1.97. The standard InChI is InChI=1S/C15H27N3O/c1-7-8-18-12(10(19-6)9-17-18)11(16)13-14(2,3)15(13,4)5/h9,11,13H,7-8,16H2,1-6H3. The molecule has 1 atom stereocenters. The fraction of sp³-hybridized carbons (Fsp3) is 0.800. The van der Waals surface area contributed by atoms with Crippen molar-refractivity contribution in [3.05, 3.63) is 11.9 Å². The molecule has 1 unspecified atom stereocenters. The molecule has 1 fully saturated rings. The SMILES string of the molecule is CCCn1ncc(OC)c1C(N)C1C(C)(C)C1(C)C. The van der Waals surface area contributed by atoms with Gasteiger partial charge in [-0.3, -0.25) is 4.68 Å². The fourth-order valence-electron chi connectivity index (χ4n) is 3.56. The molecule has 1 aromatic heterocycles. The summed E-state index contributed by atoms with van der Waals surface area (Å²) in [5.41, 5.74) is 8.14. The van der Waals surface area contributed by atoms with Crippen molar-refractivity contribution >= 4 is 0 Å². The van der Waals surface area contributed by atoms with Crippen LogP contribution in [0.15, 0.2) is 6.20 Å². The van der Waals surface area contributed by atoms with Gasteiger partial charge >= 0.3 is 0 Å². The van der Waals surface area contributed by atoms with Crippen LogP contribution in [-0.4, -0.2) is 16.9 Å². The maximum Gasteiger partial charge on any atom is 0.161 e. The van der Waals surface area contributed by atoms with E-state index in [1.807, 2.05) is 4.68 Å². The van der Waals surface area contributed by atoms with Crippen LogP contribution in [0.25, 0.3) is 0 Å². The number of hydrogen-bond acceptors (Lipinski definition) is 3. The molecule has 1 aliphatic carbocycles. The van der Waals surface area contributed by atoms with Gasteiger partial charge in [-0.15, -0.1) is 0 Å². The summed E-state index contributed by atoms with van der Waals surface area (Å²) in [6, 6.07) is -0.0194. The van der Waals surface area contributed by atoms with Crippen LogP contribution in [0.4, 0.5) is 0 Å². The second-order valence-electron chi connectivity index (χ2n) is 6.77. The van der Waals surface area contributed by atoms with Gasteiger partial charge in [-0.05, 0) is 23.2 Å². The van der Waals surface area contributed by atoms with Crippen LogP contribution in [0.3, 0.4) is 0 Å². The lowest BCUT2D eigenvalue weighted by Gasteiger charge is -2.17. The molecule has 1 heterocycles. The molecule has 19 heavy (non-hydrogen) atoms. The van der Waals surface area contributed by atoms with E-state index in [0.717, 1.165) is 24.4 Å². The monoisotopic (exact) mass is 265 g/mol. The van der Waals surface area contributed by atoms with Gasteiger partial charge in [0.2, 0.25) is 0 Å². The first-order valence-electron chi connectivity index (χ1n) is 7.14. The van der Waals surface area contributed by atoms with Gasteiger partial charge in [0.25, 0.3) is 0 Å². The molecule has 108 valence electrons. The van der Waals surface area contributed by atoms with Gasteiger partial charge < -0.3 is 10.5 Å². The summed E-state index contributed by atoms with van der Waals surface area (Å²) in [5, 5.41) is 4.42. The van der Waals surface area contributed by atoms with E-state index in [9.17, 15) is 0 Å². The second-order valence-corrected chi connectivity index (χ2v) is 6.77. The Morgan fingerprint density at radius 2 is 1.95 bits per heavy atom. The lowest BCUT2D eigenvalue weighted by atomic mass is 10.0. The summed E-state index contributed by atoms with van der Waals surface area (Å²) in [6.07, 6.45) is 2.83. The first kappa shape index (κ1) is 14.4. The van der Waals surface area contributed by atoms with Crippen molar-refractivity contribution in [3.8, 4) is 5.75 Å². The molecule has 0 radical (unpaired) electrons. The molecule has 4 heteroatoms. The molecule has 0 saturated heterocycles. The molecule has 2 N–H and O–H groups in total. The predicted octanol–water partition coefficient (Wildman–Crippen LogP) is 2.98. The molecule has 1 aliphatic rings. The number of ether oxygens (including phenoxy) is 1. The number of aryl methyl sites for hydroxylation is 1. The number of hydrogen-bond donors (Lipinski definition) is 1. The maximum atomic E-state index is 6.56. The van der Waals surface area contributed by atoms with E-state index >= 15 is 0 Å². The zero-order valence-electron chi connectivity index (χ0n) is 13.0. The summed E-state index contributed by atoms with van der Waals surface area (Å²) in [6.45, 7) is 12.2. The average molecular weight is 265 g/mol. The minimum atomic E-state index is -0.0194. The molecule has 1 aromatic rings. The van der Waals surface area contributed by atoms with Crippen molar-refractivity contribution in [2.45, 2.75) is 53.6 Å². The normalized spacial score (nSPS) is 22.3. The van der Waals surface area contributed by atoms with Crippen LogP contribution >= 0.6 is 0 Å². The van der Waals surface area contributed by atoms with Gasteiger partial charge in [-0.1, -0.05) is 34.6 Å². The smallest absolute Gasteiger partial charge is 0.161 e. The van der Waals surface area contributed by atoms with Gasteiger partial charge in [-0.2, -0.15) is 5.10 Å². The Bertz CT molecular complexity index is 448. The molecule has 0 aromatic carbocycles. The minimum Gasteiger partial charge on any atom is -0.493 e. The van der Waals surface area contributed by atoms with E-state index in [1.165, 1.54) is 0 Å². The molecule has 0 aliphatic heterocycles. The van der Waals surface area contributed by atoms with Crippen LogP contribution < -0.4 is 10.5 Å². The summed E-state index contributed by atoms with van der Waals surface area (Å²) in [5.74, 6) is 1.28. The third-order valence-corrected chi connectivity index (χ3v) is 5.31. The topological polar surface area (TPSA) is 53.1 Å². The summed E-state index contributed by atoms with van der Waals surface area (Å²) in [7, 11) is 1.69. The van der Waals surface area contributed by atoms with Crippen LogP contribution in [0, 0.1) is 16.7 Å². The van der Waals surface area contributed by atoms with Crippen molar-refractivity contribution in [3.63, 3.8) is 0 Å².